The van der Waals surface area contributed by atoms with Gasteiger partial charge < -0.3 is 0 Å². The Bertz CT molecular complexity index is 499. The molecule has 0 radical (unpaired) electrons. The Morgan fingerprint density at radius 2 is 2.33 bits per heavy atom. The van der Waals surface area contributed by atoms with Crippen molar-refractivity contribution in [3.8, 4) is 6.07 Å². The lowest BCUT2D eigenvalue weighted by molar-refractivity contribution is 0.620. The quantitative estimate of drug-likeness (QED) is 0.738. The summed E-state index contributed by atoms with van der Waals surface area (Å²) in [5, 5.41) is 16.2. The molecule has 1 heterocycles. The van der Waals surface area contributed by atoms with Crippen molar-refractivity contribution in [2.75, 3.05) is 0 Å². The normalized spacial score (nSPS) is 9.87. The molecule has 0 spiro atoms. The van der Waals surface area contributed by atoms with Gasteiger partial charge in [-0.25, -0.2) is 9.07 Å². The summed E-state index contributed by atoms with van der Waals surface area (Å²) in [7, 11) is 0. The van der Waals surface area contributed by atoms with Gasteiger partial charge in [0.15, 0.2) is 0 Å². The van der Waals surface area contributed by atoms with Crippen LogP contribution >= 0.6 is 0 Å². The molecular weight excluding hydrogens is 195 g/mol. The molecule has 2 aromatic rings. The van der Waals surface area contributed by atoms with Crippen LogP contribution in [0.3, 0.4) is 0 Å². The number of nitriles is 1. The van der Waals surface area contributed by atoms with Gasteiger partial charge in [-0.15, -0.1) is 5.10 Å². The molecule has 4 nitrogen and oxygen atoms in total. The van der Waals surface area contributed by atoms with Gasteiger partial charge in [-0.2, -0.15) is 5.26 Å². The highest BCUT2D eigenvalue weighted by molar-refractivity contribution is 5.37. The molecule has 0 fully saturated rings. The molecular formula is C10H7FN4. The highest BCUT2D eigenvalue weighted by Crippen LogP contribution is 2.11. The van der Waals surface area contributed by atoms with Crippen molar-refractivity contribution in [2.45, 2.75) is 6.54 Å². The lowest BCUT2D eigenvalue weighted by Gasteiger charge is -2.03. The van der Waals surface area contributed by atoms with E-state index in [0.717, 1.165) is 5.56 Å². The van der Waals surface area contributed by atoms with Crippen molar-refractivity contribution in [3.05, 3.63) is 47.5 Å². The summed E-state index contributed by atoms with van der Waals surface area (Å²) in [4.78, 5) is 0. The van der Waals surface area contributed by atoms with E-state index in [1.165, 1.54) is 12.1 Å². The zero-order chi connectivity index (χ0) is 10.7. The van der Waals surface area contributed by atoms with Gasteiger partial charge in [0.2, 0.25) is 0 Å². The predicted molar refractivity (Wildman–Crippen MR) is 50.2 cm³/mol. The largest absolute Gasteiger partial charge is 0.248 e. The molecule has 2 rings (SSSR count). The van der Waals surface area contributed by atoms with E-state index in [1.807, 2.05) is 6.07 Å². The Kier molecular flexibility index (Phi) is 2.42. The molecule has 0 atom stereocenters. The van der Waals surface area contributed by atoms with Crippen LogP contribution in [0.4, 0.5) is 4.39 Å². The minimum atomic E-state index is -0.408. The topological polar surface area (TPSA) is 54.5 Å². The van der Waals surface area contributed by atoms with Gasteiger partial charge in [-0.05, 0) is 17.7 Å². The Hall–Kier alpha value is -2.22. The van der Waals surface area contributed by atoms with Crippen LogP contribution < -0.4 is 0 Å². The van der Waals surface area contributed by atoms with Gasteiger partial charge in [0.05, 0.1) is 24.4 Å². The second-order valence-electron chi connectivity index (χ2n) is 3.01. The standard InChI is InChI=1S/C10H7FN4/c11-10-2-1-8(9(5-10)6-12)7-15-4-3-13-14-15/h1-5H,7H2. The lowest BCUT2D eigenvalue weighted by atomic mass is 10.1. The lowest BCUT2D eigenvalue weighted by Crippen LogP contribution is -2.02. The van der Waals surface area contributed by atoms with Crippen molar-refractivity contribution in [1.29, 1.82) is 5.26 Å². The molecule has 1 aromatic carbocycles. The van der Waals surface area contributed by atoms with Crippen molar-refractivity contribution >= 4 is 0 Å². The van der Waals surface area contributed by atoms with Crippen LogP contribution in [0.2, 0.25) is 0 Å². The third kappa shape index (κ3) is 1.99. The second-order valence-corrected chi connectivity index (χ2v) is 3.01. The first-order valence-electron chi connectivity index (χ1n) is 4.32. The fraction of sp³-hybridized carbons (Fsp3) is 0.100. The zero-order valence-corrected chi connectivity index (χ0v) is 7.76. The van der Waals surface area contributed by atoms with Gasteiger partial charge >= 0.3 is 0 Å². The van der Waals surface area contributed by atoms with Crippen molar-refractivity contribution in [2.24, 2.45) is 0 Å². The number of nitrogens with zero attached hydrogens (tertiary/aromatic N) is 4. The molecule has 5 heteroatoms. The highest BCUT2D eigenvalue weighted by Gasteiger charge is 2.04. The van der Waals surface area contributed by atoms with Crippen LogP contribution in [-0.4, -0.2) is 15.0 Å². The van der Waals surface area contributed by atoms with Gasteiger partial charge in [-0.3, -0.25) is 0 Å². The molecule has 0 unspecified atom stereocenters. The minimum absolute atomic E-state index is 0.325. The SMILES string of the molecule is N#Cc1cc(F)ccc1Cn1ccnn1. The molecule has 0 aliphatic rings. The first-order valence-corrected chi connectivity index (χ1v) is 4.32. The summed E-state index contributed by atoms with van der Waals surface area (Å²) in [5.41, 5.74) is 1.05. The minimum Gasteiger partial charge on any atom is -0.248 e. The first-order chi connectivity index (χ1) is 7.29. The van der Waals surface area contributed by atoms with E-state index < -0.39 is 5.82 Å². The Balaban J connectivity index is 2.33. The third-order valence-corrected chi connectivity index (χ3v) is 2.00. The summed E-state index contributed by atoms with van der Waals surface area (Å²) in [6.45, 7) is 0.420. The van der Waals surface area contributed by atoms with E-state index in [4.69, 9.17) is 5.26 Å². The maximum Gasteiger partial charge on any atom is 0.124 e. The molecule has 1 aromatic heterocycles. The van der Waals surface area contributed by atoms with Crippen molar-refractivity contribution in [1.82, 2.24) is 15.0 Å². The van der Waals surface area contributed by atoms with E-state index in [9.17, 15) is 4.39 Å². The maximum atomic E-state index is 12.8. The Morgan fingerprint density at radius 3 is 3.00 bits per heavy atom. The van der Waals surface area contributed by atoms with E-state index >= 15 is 0 Å². The number of benzene rings is 1. The van der Waals surface area contributed by atoms with Gasteiger partial charge in [0.25, 0.3) is 0 Å². The predicted octanol–water partition coefficient (Wildman–Crippen LogP) is 1.34. The van der Waals surface area contributed by atoms with E-state index in [2.05, 4.69) is 10.3 Å². The summed E-state index contributed by atoms with van der Waals surface area (Å²) in [6, 6.07) is 6.07. The smallest absolute Gasteiger partial charge is 0.124 e. The average Bonchev–Trinajstić information content (AvgIpc) is 2.73. The highest BCUT2D eigenvalue weighted by atomic mass is 19.1. The molecule has 15 heavy (non-hydrogen) atoms. The fourth-order valence-corrected chi connectivity index (χ4v) is 1.28. The molecule has 0 amide bonds. The first kappa shape index (κ1) is 9.34. The van der Waals surface area contributed by atoms with E-state index in [1.54, 1.807) is 23.1 Å². The van der Waals surface area contributed by atoms with Crippen LogP contribution in [0.5, 0.6) is 0 Å². The second kappa shape index (κ2) is 3.88. The summed E-state index contributed by atoms with van der Waals surface area (Å²) in [5.74, 6) is -0.408. The van der Waals surface area contributed by atoms with Crippen LogP contribution in [0.25, 0.3) is 0 Å². The molecule has 0 aliphatic carbocycles. The third-order valence-electron chi connectivity index (χ3n) is 2.00. The maximum absolute atomic E-state index is 12.8. The molecule has 0 bridgehead atoms. The number of hydrogen-bond acceptors (Lipinski definition) is 3. The summed E-state index contributed by atoms with van der Waals surface area (Å²) < 4.78 is 14.4. The summed E-state index contributed by atoms with van der Waals surface area (Å²) >= 11 is 0. The van der Waals surface area contributed by atoms with Gasteiger partial charge in [0, 0.05) is 6.20 Å². The van der Waals surface area contributed by atoms with E-state index in [-0.39, 0.29) is 0 Å². The zero-order valence-electron chi connectivity index (χ0n) is 7.76. The van der Waals surface area contributed by atoms with Crippen LogP contribution in [0.1, 0.15) is 11.1 Å². The molecule has 0 saturated carbocycles. The fourth-order valence-electron chi connectivity index (χ4n) is 1.28. The monoisotopic (exact) mass is 202 g/mol. The molecule has 0 N–H and O–H groups in total. The van der Waals surface area contributed by atoms with Crippen LogP contribution in [-0.2, 0) is 6.54 Å². The Morgan fingerprint density at radius 1 is 1.47 bits per heavy atom. The number of halogens is 1. The van der Waals surface area contributed by atoms with Gasteiger partial charge in [-0.1, -0.05) is 11.3 Å². The van der Waals surface area contributed by atoms with Crippen LogP contribution in [0, 0.1) is 17.1 Å². The summed E-state index contributed by atoms with van der Waals surface area (Å²) in [6.07, 6.45) is 3.24. The molecule has 74 valence electrons. The van der Waals surface area contributed by atoms with Gasteiger partial charge in [0.1, 0.15) is 5.82 Å². The van der Waals surface area contributed by atoms with Crippen molar-refractivity contribution in [3.63, 3.8) is 0 Å². The van der Waals surface area contributed by atoms with Crippen LogP contribution in [0.15, 0.2) is 30.6 Å². The number of hydrogen-bond donors (Lipinski definition) is 0. The van der Waals surface area contributed by atoms with E-state index in [0.29, 0.717) is 12.1 Å². The van der Waals surface area contributed by atoms with Crippen molar-refractivity contribution < 1.29 is 4.39 Å². The average molecular weight is 202 g/mol. The number of aromatic nitrogens is 3. The Labute approximate surface area is 85.6 Å². The number of rotatable bonds is 2. The molecule has 0 saturated heterocycles. The molecule has 0 aliphatic heterocycles.